The Morgan fingerprint density at radius 3 is 1.47 bits per heavy atom. The number of aliphatic carboxylic acids is 1. The minimum atomic E-state index is -1.28. The molecule has 0 aliphatic heterocycles. The van der Waals surface area contributed by atoms with Crippen LogP contribution < -0.4 is 0 Å². The third-order valence-electron chi connectivity index (χ3n) is 5.00. The SMILES string of the molecule is CC(C)(C)OC(=O)[C@H](CSC(c1ccccc1)(c1ccccc1)c1ccccc1)C(=O)O. The van der Waals surface area contributed by atoms with Crippen LogP contribution in [0.1, 0.15) is 37.5 Å². The van der Waals surface area contributed by atoms with E-state index in [1.165, 1.54) is 11.8 Å². The smallest absolute Gasteiger partial charge is 0.321 e. The van der Waals surface area contributed by atoms with Crippen molar-refractivity contribution in [3.8, 4) is 0 Å². The number of carboxylic acids is 1. The molecular weight excluding hydrogens is 420 g/mol. The molecule has 4 nitrogen and oxygen atoms in total. The van der Waals surface area contributed by atoms with Gasteiger partial charge in [0.05, 0.1) is 4.75 Å². The molecular formula is C27H28O4S. The highest BCUT2D eigenvalue weighted by molar-refractivity contribution is 8.00. The van der Waals surface area contributed by atoms with E-state index < -0.39 is 28.2 Å². The molecule has 0 aromatic heterocycles. The third-order valence-corrected chi connectivity index (χ3v) is 6.64. The van der Waals surface area contributed by atoms with Crippen LogP contribution >= 0.6 is 11.8 Å². The fourth-order valence-electron chi connectivity index (χ4n) is 3.59. The van der Waals surface area contributed by atoms with Crippen LogP contribution in [0.15, 0.2) is 91.0 Å². The molecule has 0 amide bonds. The van der Waals surface area contributed by atoms with Gasteiger partial charge in [0.2, 0.25) is 0 Å². The van der Waals surface area contributed by atoms with Gasteiger partial charge in [-0.2, -0.15) is 0 Å². The fraction of sp³-hybridized carbons (Fsp3) is 0.259. The Labute approximate surface area is 193 Å². The van der Waals surface area contributed by atoms with Crippen molar-refractivity contribution >= 4 is 23.7 Å². The number of carbonyl (C=O) groups is 2. The number of hydrogen-bond donors (Lipinski definition) is 1. The summed E-state index contributed by atoms with van der Waals surface area (Å²) in [5, 5.41) is 9.83. The van der Waals surface area contributed by atoms with Crippen molar-refractivity contribution in [2.75, 3.05) is 5.75 Å². The molecule has 166 valence electrons. The first kappa shape index (κ1) is 23.6. The van der Waals surface area contributed by atoms with Crippen LogP contribution in [0.4, 0.5) is 0 Å². The van der Waals surface area contributed by atoms with E-state index in [1.54, 1.807) is 20.8 Å². The van der Waals surface area contributed by atoms with Crippen molar-refractivity contribution in [3.63, 3.8) is 0 Å². The van der Waals surface area contributed by atoms with Gasteiger partial charge in [-0.05, 0) is 37.5 Å². The molecule has 0 spiro atoms. The third kappa shape index (κ3) is 5.40. The van der Waals surface area contributed by atoms with Crippen molar-refractivity contribution in [2.24, 2.45) is 5.92 Å². The maximum Gasteiger partial charge on any atom is 0.321 e. The number of benzene rings is 3. The van der Waals surface area contributed by atoms with E-state index in [0.29, 0.717) is 0 Å². The summed E-state index contributed by atoms with van der Waals surface area (Å²) in [6.07, 6.45) is 0. The summed E-state index contributed by atoms with van der Waals surface area (Å²) < 4.78 is 4.72. The minimum absolute atomic E-state index is 0.0585. The molecule has 0 fully saturated rings. The van der Waals surface area contributed by atoms with Gasteiger partial charge >= 0.3 is 11.9 Å². The Bertz CT molecular complexity index is 931. The lowest BCUT2D eigenvalue weighted by atomic mass is 9.84. The van der Waals surface area contributed by atoms with E-state index in [-0.39, 0.29) is 5.75 Å². The molecule has 0 heterocycles. The van der Waals surface area contributed by atoms with Crippen molar-refractivity contribution in [3.05, 3.63) is 108 Å². The first-order chi connectivity index (χ1) is 15.2. The van der Waals surface area contributed by atoms with Crippen LogP contribution in [0.3, 0.4) is 0 Å². The van der Waals surface area contributed by atoms with Gasteiger partial charge in [-0.25, -0.2) is 0 Å². The monoisotopic (exact) mass is 448 g/mol. The van der Waals surface area contributed by atoms with Crippen LogP contribution in [0, 0.1) is 5.92 Å². The molecule has 3 aromatic carbocycles. The highest BCUT2D eigenvalue weighted by Gasteiger charge is 2.40. The van der Waals surface area contributed by atoms with Crippen LogP contribution in [0.2, 0.25) is 0 Å². The highest BCUT2D eigenvalue weighted by atomic mass is 32.2. The standard InChI is InChI=1S/C27H28O4S/c1-26(2,3)31-25(30)23(24(28)29)19-32-27(20-13-7-4-8-14-20,21-15-9-5-10-16-21)22-17-11-6-12-18-22/h4-18,23H,19H2,1-3H3,(H,28,29)/t23-/m1/s1. The molecule has 32 heavy (non-hydrogen) atoms. The zero-order chi connectivity index (χ0) is 23.2. The second-order valence-electron chi connectivity index (χ2n) is 8.51. The first-order valence-electron chi connectivity index (χ1n) is 10.5. The number of ether oxygens (including phenoxy) is 1. The van der Waals surface area contributed by atoms with Gasteiger partial charge in [0.25, 0.3) is 0 Å². The van der Waals surface area contributed by atoms with Crippen LogP contribution in [-0.4, -0.2) is 28.4 Å². The van der Waals surface area contributed by atoms with Gasteiger partial charge in [-0.15, -0.1) is 11.8 Å². The Morgan fingerprint density at radius 1 is 0.781 bits per heavy atom. The molecule has 3 aromatic rings. The zero-order valence-electron chi connectivity index (χ0n) is 18.5. The minimum Gasteiger partial charge on any atom is -0.481 e. The average molecular weight is 449 g/mol. The first-order valence-corrected chi connectivity index (χ1v) is 11.5. The van der Waals surface area contributed by atoms with E-state index in [9.17, 15) is 14.7 Å². The largest absolute Gasteiger partial charge is 0.481 e. The normalized spacial score (nSPS) is 12.7. The van der Waals surface area contributed by atoms with Gasteiger partial charge in [0, 0.05) is 5.75 Å². The second-order valence-corrected chi connectivity index (χ2v) is 9.75. The van der Waals surface area contributed by atoms with Gasteiger partial charge in [-0.1, -0.05) is 91.0 Å². The second kappa shape index (κ2) is 10.0. The molecule has 0 aliphatic carbocycles. The van der Waals surface area contributed by atoms with Crippen molar-refractivity contribution in [1.82, 2.24) is 0 Å². The maximum absolute atomic E-state index is 12.7. The van der Waals surface area contributed by atoms with E-state index in [2.05, 4.69) is 0 Å². The Morgan fingerprint density at radius 2 is 1.16 bits per heavy atom. The molecule has 0 radical (unpaired) electrons. The summed E-state index contributed by atoms with van der Waals surface area (Å²) in [5.74, 6) is -3.13. The van der Waals surface area contributed by atoms with Crippen molar-refractivity contribution in [1.29, 1.82) is 0 Å². The lowest BCUT2D eigenvalue weighted by Gasteiger charge is -2.36. The van der Waals surface area contributed by atoms with Crippen molar-refractivity contribution in [2.45, 2.75) is 31.1 Å². The summed E-state index contributed by atoms with van der Waals surface area (Å²) in [5.41, 5.74) is 2.27. The van der Waals surface area contributed by atoms with E-state index in [0.717, 1.165) is 16.7 Å². The molecule has 0 saturated carbocycles. The van der Waals surface area contributed by atoms with Gasteiger partial charge in [0.15, 0.2) is 5.92 Å². The lowest BCUT2D eigenvalue weighted by molar-refractivity contribution is -0.165. The Kier molecular flexibility index (Phi) is 7.41. The maximum atomic E-state index is 12.7. The Balaban J connectivity index is 2.10. The lowest BCUT2D eigenvalue weighted by Crippen LogP contribution is -2.36. The Hall–Kier alpha value is -3.05. The number of hydrogen-bond acceptors (Lipinski definition) is 4. The van der Waals surface area contributed by atoms with E-state index >= 15 is 0 Å². The topological polar surface area (TPSA) is 63.6 Å². The van der Waals surface area contributed by atoms with Crippen molar-refractivity contribution < 1.29 is 19.4 Å². The summed E-state index contributed by atoms with van der Waals surface area (Å²) >= 11 is 1.44. The van der Waals surface area contributed by atoms with Crippen LogP contribution in [-0.2, 0) is 19.1 Å². The number of thioether (sulfide) groups is 1. The van der Waals surface area contributed by atoms with Crippen LogP contribution in [0.25, 0.3) is 0 Å². The number of carboxylic acid groups (broad SMARTS) is 1. The van der Waals surface area contributed by atoms with E-state index in [1.807, 2.05) is 91.0 Å². The molecule has 5 heteroatoms. The predicted octanol–water partition coefficient (Wildman–Crippen LogP) is 5.75. The van der Waals surface area contributed by atoms with Gasteiger partial charge in [0.1, 0.15) is 5.60 Å². The zero-order valence-corrected chi connectivity index (χ0v) is 19.3. The van der Waals surface area contributed by atoms with Gasteiger partial charge < -0.3 is 9.84 Å². The molecule has 0 aliphatic rings. The molecule has 0 saturated heterocycles. The van der Waals surface area contributed by atoms with Gasteiger partial charge in [-0.3, -0.25) is 9.59 Å². The summed E-state index contributed by atoms with van der Waals surface area (Å²) in [7, 11) is 0. The predicted molar refractivity (Wildman–Crippen MR) is 129 cm³/mol. The number of esters is 1. The number of carbonyl (C=O) groups excluding carboxylic acids is 1. The average Bonchev–Trinajstić information content (AvgIpc) is 2.77. The highest BCUT2D eigenvalue weighted by Crippen LogP contribution is 2.49. The van der Waals surface area contributed by atoms with Crippen LogP contribution in [0.5, 0.6) is 0 Å². The molecule has 0 unspecified atom stereocenters. The van der Waals surface area contributed by atoms with E-state index in [4.69, 9.17) is 4.74 Å². The molecule has 0 bridgehead atoms. The fourth-order valence-corrected chi connectivity index (χ4v) is 5.19. The molecule has 3 rings (SSSR count). The summed E-state index contributed by atoms with van der Waals surface area (Å²) in [6.45, 7) is 5.21. The summed E-state index contributed by atoms with van der Waals surface area (Å²) in [6, 6.07) is 29.9. The quantitative estimate of drug-likeness (QED) is 0.270. The molecule has 1 atom stereocenters. The number of rotatable bonds is 8. The summed E-state index contributed by atoms with van der Waals surface area (Å²) in [4.78, 5) is 24.7. The molecule has 1 N–H and O–H groups in total.